The van der Waals surface area contributed by atoms with Crippen LogP contribution in [0.5, 0.6) is 0 Å². The molecule has 1 rings (SSSR count). The van der Waals surface area contributed by atoms with Gasteiger partial charge in [-0.25, -0.2) is 0 Å². The predicted octanol–water partition coefficient (Wildman–Crippen LogP) is 6.45. The van der Waals surface area contributed by atoms with Gasteiger partial charge in [0.2, 0.25) is 0 Å². The van der Waals surface area contributed by atoms with E-state index in [1.54, 1.807) is 0 Å². The van der Waals surface area contributed by atoms with Crippen LogP contribution in [0, 0.1) is 0 Å². The van der Waals surface area contributed by atoms with Crippen molar-refractivity contribution in [2.24, 2.45) is 0 Å². The van der Waals surface area contributed by atoms with Crippen LogP contribution in [0.25, 0.3) is 5.57 Å². The van der Waals surface area contributed by atoms with Crippen LogP contribution in [0.15, 0.2) is 55.1 Å². The first-order valence-corrected chi connectivity index (χ1v) is 7.36. The molecule has 1 aromatic carbocycles. The minimum atomic E-state index is 1.09. The van der Waals surface area contributed by atoms with Crippen LogP contribution in [0.4, 0.5) is 0 Å². The summed E-state index contributed by atoms with van der Waals surface area (Å²) < 4.78 is 0. The SMILES string of the molecule is C=C/C=C(\C=C/C)c1ccc(CC)cc1.CC.CC. The summed E-state index contributed by atoms with van der Waals surface area (Å²) in [6, 6.07) is 8.67. The van der Waals surface area contributed by atoms with Crippen molar-refractivity contribution >= 4 is 5.57 Å². The average molecular weight is 258 g/mol. The van der Waals surface area contributed by atoms with Gasteiger partial charge in [-0.2, -0.15) is 0 Å². The highest BCUT2D eigenvalue weighted by Gasteiger charge is 1.96. The first-order chi connectivity index (χ1) is 9.31. The van der Waals surface area contributed by atoms with E-state index in [1.807, 2.05) is 52.8 Å². The van der Waals surface area contributed by atoms with Crippen LogP contribution in [0.1, 0.15) is 52.7 Å². The summed E-state index contributed by atoms with van der Waals surface area (Å²) in [6.07, 6.45) is 9.08. The highest BCUT2D eigenvalue weighted by molar-refractivity contribution is 5.75. The summed E-state index contributed by atoms with van der Waals surface area (Å²) in [5, 5.41) is 0. The monoisotopic (exact) mass is 258 g/mol. The summed E-state index contributed by atoms with van der Waals surface area (Å²) in [4.78, 5) is 0. The molecule has 19 heavy (non-hydrogen) atoms. The molecule has 0 aromatic heterocycles. The quantitative estimate of drug-likeness (QED) is 0.545. The van der Waals surface area contributed by atoms with Crippen LogP contribution >= 0.6 is 0 Å². The summed E-state index contributed by atoms with van der Waals surface area (Å²) in [7, 11) is 0. The fourth-order valence-electron chi connectivity index (χ4n) is 1.49. The van der Waals surface area contributed by atoms with Crippen molar-refractivity contribution in [3.63, 3.8) is 0 Å². The third-order valence-electron chi connectivity index (χ3n) is 2.34. The Labute approximate surface area is 120 Å². The number of rotatable bonds is 4. The zero-order valence-electron chi connectivity index (χ0n) is 13.5. The molecule has 0 amide bonds. The summed E-state index contributed by atoms with van der Waals surface area (Å²) >= 11 is 0. The molecule has 0 fully saturated rings. The van der Waals surface area contributed by atoms with Gasteiger partial charge in [-0.1, -0.05) is 89.8 Å². The Morgan fingerprint density at radius 2 is 1.58 bits per heavy atom. The van der Waals surface area contributed by atoms with Gasteiger partial charge in [0.1, 0.15) is 0 Å². The lowest BCUT2D eigenvalue weighted by atomic mass is 10.0. The molecule has 0 saturated heterocycles. The Bertz CT molecular complexity index is 364. The molecule has 106 valence electrons. The smallest absolute Gasteiger partial charge is 0.0184 e. The van der Waals surface area contributed by atoms with E-state index in [9.17, 15) is 0 Å². The maximum atomic E-state index is 3.73. The zero-order valence-corrected chi connectivity index (χ0v) is 13.5. The van der Waals surface area contributed by atoms with Gasteiger partial charge in [-0.05, 0) is 30.0 Å². The van der Waals surface area contributed by atoms with E-state index in [-0.39, 0.29) is 0 Å². The van der Waals surface area contributed by atoms with Crippen molar-refractivity contribution in [3.8, 4) is 0 Å². The molecule has 0 saturated carbocycles. The van der Waals surface area contributed by atoms with Gasteiger partial charge >= 0.3 is 0 Å². The molecular weight excluding hydrogens is 228 g/mol. The Morgan fingerprint density at radius 1 is 1.05 bits per heavy atom. The van der Waals surface area contributed by atoms with Gasteiger partial charge in [0.05, 0.1) is 0 Å². The van der Waals surface area contributed by atoms with Gasteiger partial charge in [0.25, 0.3) is 0 Å². The molecule has 0 heterocycles. The number of hydrogen-bond donors (Lipinski definition) is 0. The van der Waals surface area contributed by atoms with Crippen molar-refractivity contribution in [1.29, 1.82) is 0 Å². The molecule has 0 aliphatic carbocycles. The molecule has 0 heteroatoms. The molecule has 0 unspecified atom stereocenters. The lowest BCUT2D eigenvalue weighted by molar-refractivity contribution is 1.14. The molecule has 1 aromatic rings. The molecule has 0 nitrogen and oxygen atoms in total. The van der Waals surface area contributed by atoms with E-state index >= 15 is 0 Å². The Morgan fingerprint density at radius 3 is 1.95 bits per heavy atom. The van der Waals surface area contributed by atoms with Crippen LogP contribution in [-0.2, 0) is 6.42 Å². The van der Waals surface area contributed by atoms with Crippen molar-refractivity contribution in [2.45, 2.75) is 48.0 Å². The van der Waals surface area contributed by atoms with E-state index in [0.717, 1.165) is 6.42 Å². The lowest BCUT2D eigenvalue weighted by Gasteiger charge is -2.03. The molecular formula is C19H30. The second-order valence-electron chi connectivity index (χ2n) is 3.41. The van der Waals surface area contributed by atoms with Gasteiger partial charge in [0.15, 0.2) is 0 Å². The Balaban J connectivity index is 0. The third kappa shape index (κ3) is 8.20. The largest absolute Gasteiger partial charge is 0.0990 e. The van der Waals surface area contributed by atoms with Gasteiger partial charge in [0, 0.05) is 0 Å². The fourth-order valence-corrected chi connectivity index (χ4v) is 1.49. The summed E-state index contributed by atoms with van der Waals surface area (Å²) in [5.74, 6) is 0. The molecule has 0 aliphatic heterocycles. The molecule has 0 radical (unpaired) electrons. The average Bonchev–Trinajstić information content (AvgIpc) is 2.51. The number of aryl methyl sites for hydroxylation is 1. The molecule has 0 N–H and O–H groups in total. The van der Waals surface area contributed by atoms with E-state index in [1.165, 1.54) is 16.7 Å². The fraction of sp³-hybridized carbons (Fsp3) is 0.368. The normalized spacial score (nSPS) is 10.1. The zero-order chi connectivity index (χ0) is 15.1. The van der Waals surface area contributed by atoms with Crippen LogP contribution in [0.3, 0.4) is 0 Å². The van der Waals surface area contributed by atoms with E-state index in [2.05, 4.69) is 43.8 Å². The maximum absolute atomic E-state index is 3.73. The van der Waals surface area contributed by atoms with Gasteiger partial charge in [-0.15, -0.1) is 0 Å². The van der Waals surface area contributed by atoms with E-state index in [4.69, 9.17) is 0 Å². The Kier molecular flexibility index (Phi) is 15.1. The number of benzene rings is 1. The van der Waals surface area contributed by atoms with Crippen molar-refractivity contribution < 1.29 is 0 Å². The molecule has 0 atom stereocenters. The summed E-state index contributed by atoms with van der Waals surface area (Å²) in [6.45, 7) is 15.9. The molecule has 0 bridgehead atoms. The summed E-state index contributed by atoms with van der Waals surface area (Å²) in [5.41, 5.74) is 3.82. The number of allylic oxidation sites excluding steroid dienone is 5. The highest BCUT2D eigenvalue weighted by Crippen LogP contribution is 2.17. The van der Waals surface area contributed by atoms with Crippen LogP contribution in [-0.4, -0.2) is 0 Å². The predicted molar refractivity (Wildman–Crippen MR) is 91.5 cm³/mol. The first kappa shape index (κ1) is 19.8. The van der Waals surface area contributed by atoms with Crippen LogP contribution < -0.4 is 0 Å². The van der Waals surface area contributed by atoms with Crippen molar-refractivity contribution in [1.82, 2.24) is 0 Å². The highest BCUT2D eigenvalue weighted by atomic mass is 14.0. The van der Waals surface area contributed by atoms with E-state index < -0.39 is 0 Å². The topological polar surface area (TPSA) is 0 Å². The second-order valence-corrected chi connectivity index (χ2v) is 3.41. The standard InChI is InChI=1S/C15H18.2C2H6/c1-4-7-14(8-5-2)15-11-9-13(6-3)10-12-15;2*1-2/h4-5,7-12H,1,6H2,2-3H3;2*1-2H3/b8-5-,14-7+;;. The van der Waals surface area contributed by atoms with Crippen molar-refractivity contribution in [3.05, 3.63) is 66.3 Å². The maximum Gasteiger partial charge on any atom is -0.0184 e. The minimum absolute atomic E-state index is 1.09. The minimum Gasteiger partial charge on any atom is -0.0990 e. The molecule has 0 aliphatic rings. The van der Waals surface area contributed by atoms with E-state index in [0.29, 0.717) is 0 Å². The lowest BCUT2D eigenvalue weighted by Crippen LogP contribution is -1.83. The third-order valence-corrected chi connectivity index (χ3v) is 2.34. The van der Waals surface area contributed by atoms with Crippen LogP contribution in [0.2, 0.25) is 0 Å². The second kappa shape index (κ2) is 14.5. The molecule has 0 spiro atoms. The first-order valence-electron chi connectivity index (χ1n) is 7.36. The van der Waals surface area contributed by atoms with Gasteiger partial charge < -0.3 is 0 Å². The Hall–Kier alpha value is -1.56. The van der Waals surface area contributed by atoms with Crippen molar-refractivity contribution in [2.75, 3.05) is 0 Å². The number of hydrogen-bond acceptors (Lipinski definition) is 0. The van der Waals surface area contributed by atoms with Gasteiger partial charge in [-0.3, -0.25) is 0 Å².